The van der Waals surface area contributed by atoms with Gasteiger partial charge in [-0.3, -0.25) is 0 Å². The molecule has 0 saturated heterocycles. The Morgan fingerprint density at radius 3 is 2.53 bits per heavy atom. The van der Waals surface area contributed by atoms with Crippen LogP contribution >= 0.6 is 15.9 Å². The molecular formula is C10H9BrF3N. The summed E-state index contributed by atoms with van der Waals surface area (Å²) in [4.78, 5) is 0. The molecule has 0 aliphatic heterocycles. The van der Waals surface area contributed by atoms with E-state index in [2.05, 4.69) is 15.9 Å². The fraction of sp³-hybridized carbons (Fsp3) is 0.200. The highest BCUT2D eigenvalue weighted by molar-refractivity contribution is 9.10. The van der Waals surface area contributed by atoms with Crippen molar-refractivity contribution >= 4 is 22.0 Å². The SMILES string of the molecule is NC/C=C/c1cc(C(F)(F)F)ccc1Br. The van der Waals surface area contributed by atoms with Crippen molar-refractivity contribution in [1.29, 1.82) is 0 Å². The van der Waals surface area contributed by atoms with E-state index in [1.807, 2.05) is 0 Å². The van der Waals surface area contributed by atoms with Gasteiger partial charge in [0.15, 0.2) is 0 Å². The highest BCUT2D eigenvalue weighted by atomic mass is 79.9. The van der Waals surface area contributed by atoms with Crippen LogP contribution < -0.4 is 5.73 Å². The number of nitrogens with two attached hydrogens (primary N) is 1. The van der Waals surface area contributed by atoms with Crippen molar-refractivity contribution < 1.29 is 13.2 Å². The van der Waals surface area contributed by atoms with Crippen LogP contribution in [0.15, 0.2) is 28.7 Å². The van der Waals surface area contributed by atoms with Crippen LogP contribution in [0.3, 0.4) is 0 Å². The molecule has 0 fully saturated rings. The summed E-state index contributed by atoms with van der Waals surface area (Å²) in [5.41, 5.74) is 5.03. The molecule has 1 aromatic rings. The fourth-order valence-corrected chi connectivity index (χ4v) is 1.42. The molecule has 2 N–H and O–H groups in total. The number of hydrogen-bond donors (Lipinski definition) is 1. The Bertz CT molecular complexity index is 371. The smallest absolute Gasteiger partial charge is 0.327 e. The summed E-state index contributed by atoms with van der Waals surface area (Å²) in [6.07, 6.45) is -1.16. The lowest BCUT2D eigenvalue weighted by atomic mass is 10.1. The lowest BCUT2D eigenvalue weighted by Crippen LogP contribution is -2.04. The molecule has 1 rings (SSSR count). The molecule has 1 nitrogen and oxygen atoms in total. The molecule has 15 heavy (non-hydrogen) atoms. The molecule has 0 heterocycles. The number of rotatable bonds is 2. The molecule has 0 amide bonds. The topological polar surface area (TPSA) is 26.0 Å². The first-order chi connectivity index (χ1) is 6.95. The maximum absolute atomic E-state index is 12.4. The van der Waals surface area contributed by atoms with Crippen LogP contribution in [0.1, 0.15) is 11.1 Å². The maximum Gasteiger partial charge on any atom is 0.416 e. The highest BCUT2D eigenvalue weighted by Gasteiger charge is 2.30. The van der Waals surface area contributed by atoms with Crippen molar-refractivity contribution in [2.45, 2.75) is 6.18 Å². The van der Waals surface area contributed by atoms with Crippen LogP contribution in [0.5, 0.6) is 0 Å². The number of benzene rings is 1. The molecule has 0 saturated carbocycles. The monoisotopic (exact) mass is 279 g/mol. The third kappa shape index (κ3) is 3.35. The van der Waals surface area contributed by atoms with Crippen molar-refractivity contribution in [3.63, 3.8) is 0 Å². The van der Waals surface area contributed by atoms with E-state index in [0.717, 1.165) is 12.1 Å². The molecule has 1 aromatic carbocycles. The van der Waals surface area contributed by atoms with Gasteiger partial charge < -0.3 is 5.73 Å². The van der Waals surface area contributed by atoms with E-state index in [1.165, 1.54) is 6.07 Å². The minimum atomic E-state index is -4.31. The van der Waals surface area contributed by atoms with Gasteiger partial charge in [-0.2, -0.15) is 13.2 Å². The van der Waals surface area contributed by atoms with E-state index < -0.39 is 11.7 Å². The second-order valence-electron chi connectivity index (χ2n) is 2.87. The van der Waals surface area contributed by atoms with Crippen LogP contribution in [0.2, 0.25) is 0 Å². The van der Waals surface area contributed by atoms with Crippen LogP contribution in [-0.2, 0) is 6.18 Å². The fourth-order valence-electron chi connectivity index (χ4n) is 1.04. The summed E-state index contributed by atoms with van der Waals surface area (Å²) >= 11 is 3.17. The third-order valence-electron chi connectivity index (χ3n) is 1.76. The Morgan fingerprint density at radius 2 is 2.00 bits per heavy atom. The van der Waals surface area contributed by atoms with Crippen LogP contribution in [0.25, 0.3) is 6.08 Å². The maximum atomic E-state index is 12.4. The molecule has 0 unspecified atom stereocenters. The lowest BCUT2D eigenvalue weighted by molar-refractivity contribution is -0.137. The standard InChI is InChI=1S/C10H9BrF3N/c11-9-4-3-8(10(12,13)14)6-7(9)2-1-5-15/h1-4,6H,5,15H2/b2-1+. The zero-order chi connectivity index (χ0) is 11.5. The highest BCUT2D eigenvalue weighted by Crippen LogP contribution is 2.32. The normalized spacial score (nSPS) is 12.3. The van der Waals surface area contributed by atoms with E-state index in [9.17, 15) is 13.2 Å². The summed E-state index contributed by atoms with van der Waals surface area (Å²) in [5.74, 6) is 0. The van der Waals surface area contributed by atoms with Gasteiger partial charge in [0.1, 0.15) is 0 Å². The molecule has 0 atom stereocenters. The third-order valence-corrected chi connectivity index (χ3v) is 2.48. The first-order valence-corrected chi connectivity index (χ1v) is 4.98. The van der Waals surface area contributed by atoms with Gasteiger partial charge in [0.05, 0.1) is 5.56 Å². The van der Waals surface area contributed by atoms with Gasteiger partial charge in [0.25, 0.3) is 0 Å². The van der Waals surface area contributed by atoms with E-state index in [-0.39, 0.29) is 0 Å². The van der Waals surface area contributed by atoms with Crippen LogP contribution in [-0.4, -0.2) is 6.54 Å². The zero-order valence-corrected chi connectivity index (χ0v) is 9.27. The van der Waals surface area contributed by atoms with Crippen molar-refractivity contribution in [1.82, 2.24) is 0 Å². The van der Waals surface area contributed by atoms with Gasteiger partial charge in [-0.1, -0.05) is 28.1 Å². The second kappa shape index (κ2) is 4.81. The van der Waals surface area contributed by atoms with Crippen molar-refractivity contribution in [2.75, 3.05) is 6.54 Å². The quantitative estimate of drug-likeness (QED) is 0.882. The van der Waals surface area contributed by atoms with Crippen LogP contribution in [0, 0.1) is 0 Å². The van der Waals surface area contributed by atoms with Crippen molar-refractivity contribution in [3.05, 3.63) is 39.9 Å². The molecular weight excluding hydrogens is 271 g/mol. The van der Waals surface area contributed by atoms with Gasteiger partial charge in [0.2, 0.25) is 0 Å². The Balaban J connectivity index is 3.11. The second-order valence-corrected chi connectivity index (χ2v) is 3.73. The van der Waals surface area contributed by atoms with Gasteiger partial charge in [0, 0.05) is 11.0 Å². The Kier molecular flexibility index (Phi) is 3.93. The lowest BCUT2D eigenvalue weighted by Gasteiger charge is -2.08. The largest absolute Gasteiger partial charge is 0.416 e. The number of hydrogen-bond acceptors (Lipinski definition) is 1. The Morgan fingerprint density at radius 1 is 1.33 bits per heavy atom. The minimum absolute atomic E-state index is 0.294. The first kappa shape index (κ1) is 12.3. The van der Waals surface area contributed by atoms with Gasteiger partial charge in [-0.15, -0.1) is 0 Å². The molecule has 82 valence electrons. The molecule has 0 bridgehead atoms. The predicted molar refractivity (Wildman–Crippen MR) is 57.2 cm³/mol. The summed E-state index contributed by atoms with van der Waals surface area (Å²) in [5, 5.41) is 0. The molecule has 5 heteroatoms. The van der Waals surface area contributed by atoms with Gasteiger partial charge in [-0.25, -0.2) is 0 Å². The van der Waals surface area contributed by atoms with E-state index in [4.69, 9.17) is 5.73 Å². The summed E-state index contributed by atoms with van der Waals surface area (Å²) in [6.45, 7) is 0.294. The number of halogens is 4. The Labute approximate surface area is 93.9 Å². The first-order valence-electron chi connectivity index (χ1n) is 4.18. The number of alkyl halides is 3. The molecule has 0 radical (unpaired) electrons. The van der Waals surface area contributed by atoms with E-state index in [0.29, 0.717) is 16.6 Å². The zero-order valence-electron chi connectivity index (χ0n) is 7.68. The van der Waals surface area contributed by atoms with Gasteiger partial charge >= 0.3 is 6.18 Å². The van der Waals surface area contributed by atoms with E-state index >= 15 is 0 Å². The molecule has 0 aliphatic carbocycles. The van der Waals surface area contributed by atoms with Crippen molar-refractivity contribution in [2.24, 2.45) is 5.73 Å². The van der Waals surface area contributed by atoms with E-state index in [1.54, 1.807) is 12.2 Å². The minimum Gasteiger partial charge on any atom is -0.327 e. The predicted octanol–water partition coefficient (Wildman–Crippen LogP) is 3.44. The van der Waals surface area contributed by atoms with Gasteiger partial charge in [-0.05, 0) is 23.8 Å². The van der Waals surface area contributed by atoms with Crippen molar-refractivity contribution in [3.8, 4) is 0 Å². The summed E-state index contributed by atoms with van der Waals surface area (Å²) < 4.78 is 37.7. The summed E-state index contributed by atoms with van der Waals surface area (Å²) in [6, 6.07) is 3.49. The van der Waals surface area contributed by atoms with Crippen LogP contribution in [0.4, 0.5) is 13.2 Å². The average Bonchev–Trinajstić information content (AvgIpc) is 2.15. The molecule has 0 aromatic heterocycles. The summed E-state index contributed by atoms with van der Waals surface area (Å²) in [7, 11) is 0. The average molecular weight is 280 g/mol. The molecule has 0 spiro atoms. The Hall–Kier alpha value is -0.810. The molecule has 0 aliphatic rings.